The normalized spacial score (nSPS) is 23.7. The number of fused-ring (bicyclic) bond motifs is 3. The summed E-state index contributed by atoms with van der Waals surface area (Å²) in [7, 11) is 1.42. The molecule has 0 bridgehead atoms. The second kappa shape index (κ2) is 6.92. The second-order valence-corrected chi connectivity index (χ2v) is 8.81. The number of methoxy groups -OCH3 is 1. The van der Waals surface area contributed by atoms with E-state index in [9.17, 15) is 4.79 Å². The zero-order valence-corrected chi connectivity index (χ0v) is 18.2. The lowest BCUT2D eigenvalue weighted by molar-refractivity contribution is -0.188. The van der Waals surface area contributed by atoms with Crippen LogP contribution >= 0.6 is 39.1 Å². The number of esters is 1. The quantitative estimate of drug-likeness (QED) is 0.492. The smallest absolute Gasteiger partial charge is 0.318 e. The summed E-state index contributed by atoms with van der Waals surface area (Å²) in [6.07, 6.45) is 2.34. The maximum Gasteiger partial charge on any atom is 0.318 e. The first-order valence-electron chi connectivity index (χ1n) is 8.92. The second-order valence-electron chi connectivity index (χ2n) is 7.17. The van der Waals surface area contributed by atoms with Crippen LogP contribution in [0.3, 0.4) is 0 Å². The molecule has 0 radical (unpaired) electrons. The molecule has 4 rings (SSSR count). The lowest BCUT2D eigenvalue weighted by Crippen LogP contribution is -2.51. The summed E-state index contributed by atoms with van der Waals surface area (Å²) in [6, 6.07) is 1.78. The lowest BCUT2D eigenvalue weighted by atomic mass is 9.68. The number of rotatable bonds is 3. The molecule has 2 aromatic rings. The van der Waals surface area contributed by atoms with Crippen molar-refractivity contribution >= 4 is 56.0 Å². The van der Waals surface area contributed by atoms with Gasteiger partial charge in [-0.25, -0.2) is 0 Å². The first-order valence-corrected chi connectivity index (χ1v) is 10.5. The Balaban J connectivity index is 2.06. The highest BCUT2D eigenvalue weighted by Gasteiger charge is 2.56. The highest BCUT2D eigenvalue weighted by atomic mass is 79.9. The number of ether oxygens (including phenoxy) is 3. The topological polar surface area (TPSA) is 60.6 Å². The fourth-order valence-electron chi connectivity index (χ4n) is 4.61. The summed E-state index contributed by atoms with van der Waals surface area (Å²) in [5, 5.41) is 1.78. The monoisotopic (exact) mass is 475 g/mol. The van der Waals surface area contributed by atoms with Crippen LogP contribution in [0.2, 0.25) is 10.0 Å². The van der Waals surface area contributed by atoms with Crippen molar-refractivity contribution in [3.05, 3.63) is 31.8 Å². The number of carbonyl (C=O) groups excluding carboxylic acids is 1. The predicted molar refractivity (Wildman–Crippen MR) is 108 cm³/mol. The third kappa shape index (κ3) is 2.84. The molecule has 1 saturated heterocycles. The van der Waals surface area contributed by atoms with E-state index in [1.165, 1.54) is 7.11 Å². The van der Waals surface area contributed by atoms with E-state index in [2.05, 4.69) is 20.9 Å². The Kier molecular flexibility index (Phi) is 5.00. The molecule has 0 amide bonds. The molecule has 8 heteroatoms. The number of carbonyl (C=O) groups is 1. The summed E-state index contributed by atoms with van der Waals surface area (Å²) in [4.78, 5) is 16.5. The molecule has 1 atom stereocenters. The summed E-state index contributed by atoms with van der Waals surface area (Å²) in [5.41, 5.74) is 1.60. The Labute approximate surface area is 175 Å². The number of H-pyrrole nitrogens is 1. The molecule has 1 spiro atoms. The first-order chi connectivity index (χ1) is 12.9. The fraction of sp³-hybridized carbons (Fsp3) is 0.526. The summed E-state index contributed by atoms with van der Waals surface area (Å²) in [6.45, 7) is 3.06. The van der Waals surface area contributed by atoms with Crippen LogP contribution in [0.25, 0.3) is 10.9 Å². The van der Waals surface area contributed by atoms with Gasteiger partial charge in [0.1, 0.15) is 5.41 Å². The highest BCUT2D eigenvalue weighted by molar-refractivity contribution is 9.10. The predicted octanol–water partition coefficient (Wildman–Crippen LogP) is 5.14. The van der Waals surface area contributed by atoms with E-state index in [0.29, 0.717) is 48.0 Å². The standard InChI is InChI=1S/C19H20BrCl2NO4/c1-3-4-18(17(24)25-2)9-19(26-5-6-27-19)8-10-13-11(20)7-12(21)14(22)15(13)23-16(10)18/h7,23H,3-6,8-9H2,1-2H3. The third-order valence-electron chi connectivity index (χ3n) is 5.59. The molecule has 1 unspecified atom stereocenters. The van der Waals surface area contributed by atoms with E-state index in [1.54, 1.807) is 6.07 Å². The zero-order valence-electron chi connectivity index (χ0n) is 15.1. The third-order valence-corrected chi connectivity index (χ3v) is 7.00. The Bertz CT molecular complexity index is 922. The van der Waals surface area contributed by atoms with E-state index in [1.807, 2.05) is 6.92 Å². The molecule has 27 heavy (non-hydrogen) atoms. The van der Waals surface area contributed by atoms with Gasteiger partial charge in [-0.2, -0.15) is 0 Å². The van der Waals surface area contributed by atoms with E-state index < -0.39 is 11.2 Å². The van der Waals surface area contributed by atoms with Crippen molar-refractivity contribution in [3.63, 3.8) is 0 Å². The van der Waals surface area contributed by atoms with Gasteiger partial charge in [0.25, 0.3) is 0 Å². The van der Waals surface area contributed by atoms with Crippen LogP contribution in [0.5, 0.6) is 0 Å². The number of hydrogen-bond acceptors (Lipinski definition) is 4. The van der Waals surface area contributed by atoms with E-state index in [0.717, 1.165) is 27.5 Å². The Morgan fingerprint density at radius 2 is 2.07 bits per heavy atom. The Morgan fingerprint density at radius 3 is 2.70 bits per heavy atom. The van der Waals surface area contributed by atoms with Crippen molar-refractivity contribution in [2.45, 2.75) is 43.8 Å². The first kappa shape index (κ1) is 19.5. The molecule has 2 aliphatic rings. The molecule has 2 heterocycles. The van der Waals surface area contributed by atoms with Crippen LogP contribution in [0.4, 0.5) is 0 Å². The van der Waals surface area contributed by atoms with Crippen molar-refractivity contribution in [1.82, 2.24) is 4.98 Å². The molecule has 146 valence electrons. The fourth-order valence-corrected chi connectivity index (χ4v) is 5.81. The van der Waals surface area contributed by atoms with Gasteiger partial charge < -0.3 is 19.2 Å². The Morgan fingerprint density at radius 1 is 1.37 bits per heavy atom. The zero-order chi connectivity index (χ0) is 19.4. The molecule has 5 nitrogen and oxygen atoms in total. The van der Waals surface area contributed by atoms with Crippen molar-refractivity contribution < 1.29 is 19.0 Å². The average Bonchev–Trinajstić information content (AvgIpc) is 3.24. The molecule has 1 fully saturated rings. The van der Waals surface area contributed by atoms with Crippen LogP contribution < -0.4 is 0 Å². The SMILES string of the molecule is CCCC1(C(=O)OC)CC2(Cc3c1[nH]c1c(Cl)c(Cl)cc(Br)c31)OCCO2. The number of hydrogen-bond donors (Lipinski definition) is 1. The van der Waals surface area contributed by atoms with Crippen molar-refractivity contribution in [2.75, 3.05) is 20.3 Å². The largest absolute Gasteiger partial charge is 0.468 e. The van der Waals surface area contributed by atoms with Crippen LogP contribution in [0.15, 0.2) is 10.5 Å². The van der Waals surface area contributed by atoms with Gasteiger partial charge in [-0.05, 0) is 18.1 Å². The van der Waals surface area contributed by atoms with Crippen molar-refractivity contribution in [1.29, 1.82) is 0 Å². The maximum atomic E-state index is 13.1. The molecule has 1 aromatic carbocycles. The Hall–Kier alpha value is -0.790. The van der Waals surface area contributed by atoms with Gasteiger partial charge in [-0.3, -0.25) is 4.79 Å². The molecular formula is C19H20BrCl2NO4. The lowest BCUT2D eigenvalue weighted by Gasteiger charge is -2.43. The van der Waals surface area contributed by atoms with Gasteiger partial charge >= 0.3 is 5.97 Å². The van der Waals surface area contributed by atoms with Gasteiger partial charge in [0, 0.05) is 28.4 Å². The molecule has 1 N–H and O–H groups in total. The van der Waals surface area contributed by atoms with Crippen LogP contribution in [-0.2, 0) is 30.8 Å². The highest BCUT2D eigenvalue weighted by Crippen LogP contribution is 2.52. The molecule has 1 aromatic heterocycles. The van der Waals surface area contributed by atoms with Gasteiger partial charge in [-0.1, -0.05) is 52.5 Å². The number of benzene rings is 1. The minimum atomic E-state index is -0.893. The van der Waals surface area contributed by atoms with Crippen molar-refractivity contribution in [2.24, 2.45) is 0 Å². The maximum absolute atomic E-state index is 13.1. The number of aromatic nitrogens is 1. The summed E-state index contributed by atoms with van der Waals surface area (Å²) in [5.74, 6) is -1.13. The number of halogens is 3. The van der Waals surface area contributed by atoms with Crippen LogP contribution in [-0.4, -0.2) is 37.1 Å². The van der Waals surface area contributed by atoms with E-state index in [4.69, 9.17) is 37.4 Å². The molecular weight excluding hydrogens is 457 g/mol. The summed E-state index contributed by atoms with van der Waals surface area (Å²) < 4.78 is 18.1. The van der Waals surface area contributed by atoms with Gasteiger partial charge in [-0.15, -0.1) is 0 Å². The van der Waals surface area contributed by atoms with Crippen LogP contribution in [0, 0.1) is 0 Å². The van der Waals surface area contributed by atoms with E-state index in [-0.39, 0.29) is 5.97 Å². The van der Waals surface area contributed by atoms with Crippen molar-refractivity contribution in [3.8, 4) is 0 Å². The summed E-state index contributed by atoms with van der Waals surface area (Å²) >= 11 is 16.4. The minimum absolute atomic E-state index is 0.298. The van der Waals surface area contributed by atoms with Gasteiger partial charge in [0.2, 0.25) is 0 Å². The van der Waals surface area contributed by atoms with E-state index >= 15 is 0 Å². The molecule has 1 aliphatic heterocycles. The minimum Gasteiger partial charge on any atom is -0.468 e. The number of nitrogens with one attached hydrogen (secondary N) is 1. The van der Waals surface area contributed by atoms with Gasteiger partial charge in [0.05, 0.1) is 35.9 Å². The van der Waals surface area contributed by atoms with Crippen LogP contribution in [0.1, 0.15) is 37.4 Å². The number of aromatic amines is 1. The average molecular weight is 477 g/mol. The molecule has 0 saturated carbocycles. The molecule has 1 aliphatic carbocycles. The van der Waals surface area contributed by atoms with Gasteiger partial charge in [0.15, 0.2) is 5.79 Å².